The fourth-order valence-corrected chi connectivity index (χ4v) is 3.74. The summed E-state index contributed by atoms with van der Waals surface area (Å²) in [6.45, 7) is 1.79. The second-order valence-electron chi connectivity index (χ2n) is 7.42. The molecule has 1 heterocycles. The average Bonchev–Trinajstić information content (AvgIpc) is 2.86. The number of benzene rings is 3. The van der Waals surface area contributed by atoms with Gasteiger partial charge in [-0.3, -0.25) is 9.59 Å². The maximum Gasteiger partial charge on any atom is 0.244 e. The van der Waals surface area contributed by atoms with Crippen LogP contribution in [0.15, 0.2) is 66.7 Å². The summed E-state index contributed by atoms with van der Waals surface area (Å²) in [5, 5.41) is 2.86. The van der Waals surface area contributed by atoms with E-state index < -0.39 is 6.04 Å². The molecule has 6 heteroatoms. The van der Waals surface area contributed by atoms with Gasteiger partial charge in [-0.1, -0.05) is 42.0 Å². The highest BCUT2D eigenvalue weighted by Gasteiger charge is 2.33. The summed E-state index contributed by atoms with van der Waals surface area (Å²) in [6.07, 6.45) is 0.0202. The molecule has 3 aromatic carbocycles. The van der Waals surface area contributed by atoms with Crippen molar-refractivity contribution in [1.29, 1.82) is 0 Å². The van der Waals surface area contributed by atoms with Crippen LogP contribution in [0.2, 0.25) is 0 Å². The Bertz CT molecular complexity index is 1100. The van der Waals surface area contributed by atoms with Crippen LogP contribution >= 0.6 is 0 Å². The molecule has 152 valence electrons. The zero-order valence-corrected chi connectivity index (χ0v) is 16.4. The van der Waals surface area contributed by atoms with Crippen LogP contribution in [0.25, 0.3) is 0 Å². The summed E-state index contributed by atoms with van der Waals surface area (Å²) < 4.78 is 26.8. The molecule has 1 atom stereocenters. The molecule has 1 aliphatic heterocycles. The van der Waals surface area contributed by atoms with Crippen molar-refractivity contribution < 1.29 is 18.4 Å². The van der Waals surface area contributed by atoms with Crippen molar-refractivity contribution in [2.24, 2.45) is 0 Å². The van der Waals surface area contributed by atoms with Gasteiger partial charge in [0.2, 0.25) is 11.8 Å². The molecule has 0 bridgehead atoms. The number of hydrogen-bond acceptors (Lipinski definition) is 2. The molecular formula is C24H20F2N2O2. The summed E-state index contributed by atoms with van der Waals surface area (Å²) in [6, 6.07) is 16.7. The van der Waals surface area contributed by atoms with Gasteiger partial charge in [0.1, 0.15) is 18.2 Å². The molecule has 0 saturated heterocycles. The zero-order valence-electron chi connectivity index (χ0n) is 16.4. The molecule has 1 aliphatic rings. The number of amides is 2. The Labute approximate surface area is 173 Å². The number of hydrogen-bond donors (Lipinski definition) is 1. The third-order valence-electron chi connectivity index (χ3n) is 5.18. The number of carbonyl (C=O) groups is 2. The van der Waals surface area contributed by atoms with Crippen LogP contribution in [0.3, 0.4) is 0 Å². The van der Waals surface area contributed by atoms with Gasteiger partial charge < -0.3 is 10.2 Å². The second-order valence-corrected chi connectivity index (χ2v) is 7.42. The molecule has 2 amide bonds. The Balaban J connectivity index is 1.79. The quantitative estimate of drug-likeness (QED) is 0.702. The lowest BCUT2D eigenvalue weighted by molar-refractivity contribution is -0.135. The summed E-state index contributed by atoms with van der Waals surface area (Å²) in [5.74, 6) is -1.35. The average molecular weight is 406 g/mol. The number of aryl methyl sites for hydroxylation is 1. The minimum atomic E-state index is -0.563. The zero-order chi connectivity index (χ0) is 21.3. The second kappa shape index (κ2) is 8.06. The van der Waals surface area contributed by atoms with Crippen LogP contribution in [0.1, 0.15) is 28.3 Å². The fraction of sp³-hybridized carbons (Fsp3) is 0.167. The summed E-state index contributed by atoms with van der Waals surface area (Å²) >= 11 is 0. The van der Waals surface area contributed by atoms with Gasteiger partial charge in [-0.2, -0.15) is 0 Å². The molecule has 0 radical (unpaired) electrons. The van der Waals surface area contributed by atoms with E-state index in [-0.39, 0.29) is 36.4 Å². The maximum atomic E-state index is 13.6. The van der Waals surface area contributed by atoms with Crippen LogP contribution in [0.4, 0.5) is 14.5 Å². The van der Waals surface area contributed by atoms with Gasteiger partial charge in [0.25, 0.3) is 0 Å². The first-order chi connectivity index (χ1) is 14.4. The van der Waals surface area contributed by atoms with E-state index in [2.05, 4.69) is 5.32 Å². The highest BCUT2D eigenvalue weighted by Crippen LogP contribution is 2.36. The van der Waals surface area contributed by atoms with Gasteiger partial charge in [-0.05, 0) is 48.4 Å². The van der Waals surface area contributed by atoms with Gasteiger partial charge in [0.15, 0.2) is 0 Å². The van der Waals surface area contributed by atoms with E-state index in [0.717, 1.165) is 11.1 Å². The van der Waals surface area contributed by atoms with E-state index in [0.29, 0.717) is 16.8 Å². The van der Waals surface area contributed by atoms with Crippen LogP contribution < -0.4 is 5.32 Å². The summed E-state index contributed by atoms with van der Waals surface area (Å²) in [7, 11) is 0. The normalized spacial score (nSPS) is 15.9. The smallest absolute Gasteiger partial charge is 0.244 e. The Morgan fingerprint density at radius 3 is 2.30 bits per heavy atom. The standard InChI is InChI=1S/C24H20F2N2O2/c1-15-2-11-21-20(12-15)24(17-5-9-19(26)10-6-17)28(14-22(29)27-21)23(30)13-16-3-7-18(25)8-4-16/h2-12,24H,13-14H2,1H3,(H,27,29)/t24-/m0/s1. The summed E-state index contributed by atoms with van der Waals surface area (Å²) in [5.41, 5.74) is 3.71. The SMILES string of the molecule is Cc1ccc2c(c1)[C@H](c1ccc(F)cc1)N(C(=O)Cc1ccc(F)cc1)CC(=O)N2. The van der Waals surface area contributed by atoms with Crippen molar-refractivity contribution in [2.75, 3.05) is 11.9 Å². The molecule has 3 aromatic rings. The van der Waals surface area contributed by atoms with Crippen LogP contribution in [-0.4, -0.2) is 23.3 Å². The van der Waals surface area contributed by atoms with Gasteiger partial charge in [0.05, 0.1) is 12.5 Å². The van der Waals surface area contributed by atoms with Gasteiger partial charge in [-0.15, -0.1) is 0 Å². The van der Waals surface area contributed by atoms with Crippen LogP contribution in [0, 0.1) is 18.6 Å². The molecule has 0 fully saturated rings. The van der Waals surface area contributed by atoms with E-state index >= 15 is 0 Å². The molecule has 4 nitrogen and oxygen atoms in total. The molecule has 4 rings (SSSR count). The summed E-state index contributed by atoms with van der Waals surface area (Å²) in [4.78, 5) is 27.3. The Kier molecular flexibility index (Phi) is 5.31. The topological polar surface area (TPSA) is 49.4 Å². The predicted molar refractivity (Wildman–Crippen MR) is 110 cm³/mol. The first-order valence-electron chi connectivity index (χ1n) is 9.60. The van der Waals surface area contributed by atoms with E-state index in [9.17, 15) is 18.4 Å². The molecule has 1 N–H and O–H groups in total. The van der Waals surface area contributed by atoms with Crippen LogP contribution in [0.5, 0.6) is 0 Å². The number of halogens is 2. The third-order valence-corrected chi connectivity index (χ3v) is 5.18. The lowest BCUT2D eigenvalue weighted by Gasteiger charge is -2.31. The third kappa shape index (κ3) is 4.08. The Morgan fingerprint density at radius 1 is 1.00 bits per heavy atom. The molecule has 0 spiro atoms. The van der Waals surface area contributed by atoms with Crippen molar-refractivity contribution in [3.05, 3.63) is 101 Å². The maximum absolute atomic E-state index is 13.6. The molecule has 0 saturated carbocycles. The lowest BCUT2D eigenvalue weighted by atomic mass is 9.94. The van der Waals surface area contributed by atoms with E-state index in [1.54, 1.807) is 24.3 Å². The molecule has 30 heavy (non-hydrogen) atoms. The first-order valence-corrected chi connectivity index (χ1v) is 9.60. The highest BCUT2D eigenvalue weighted by atomic mass is 19.1. The molecule has 0 aromatic heterocycles. The van der Waals surface area contributed by atoms with Crippen molar-refractivity contribution in [3.8, 4) is 0 Å². The monoisotopic (exact) mass is 406 g/mol. The Morgan fingerprint density at radius 2 is 1.63 bits per heavy atom. The minimum absolute atomic E-state index is 0.0202. The van der Waals surface area contributed by atoms with Crippen LogP contribution in [-0.2, 0) is 16.0 Å². The Hall–Kier alpha value is -3.54. The fourth-order valence-electron chi connectivity index (χ4n) is 3.74. The minimum Gasteiger partial charge on any atom is -0.324 e. The largest absolute Gasteiger partial charge is 0.324 e. The van der Waals surface area contributed by atoms with E-state index in [4.69, 9.17) is 0 Å². The lowest BCUT2D eigenvalue weighted by Crippen LogP contribution is -2.39. The highest BCUT2D eigenvalue weighted by molar-refractivity contribution is 5.97. The number of anilines is 1. The molecular weight excluding hydrogens is 386 g/mol. The molecule has 0 aliphatic carbocycles. The molecule has 0 unspecified atom stereocenters. The van der Waals surface area contributed by atoms with Crippen molar-refractivity contribution in [1.82, 2.24) is 4.90 Å². The van der Waals surface area contributed by atoms with Crippen molar-refractivity contribution in [3.63, 3.8) is 0 Å². The number of nitrogens with zero attached hydrogens (tertiary/aromatic N) is 1. The van der Waals surface area contributed by atoms with Gasteiger partial charge >= 0.3 is 0 Å². The van der Waals surface area contributed by atoms with E-state index in [1.165, 1.54) is 29.2 Å². The number of rotatable bonds is 3. The first kappa shape index (κ1) is 19.8. The van der Waals surface area contributed by atoms with E-state index in [1.807, 2.05) is 25.1 Å². The van der Waals surface area contributed by atoms with Crippen molar-refractivity contribution >= 4 is 17.5 Å². The number of nitrogens with one attached hydrogen (secondary N) is 1. The van der Waals surface area contributed by atoms with Crippen molar-refractivity contribution in [2.45, 2.75) is 19.4 Å². The van der Waals surface area contributed by atoms with Gasteiger partial charge in [0, 0.05) is 11.3 Å². The van der Waals surface area contributed by atoms with Gasteiger partial charge in [-0.25, -0.2) is 8.78 Å². The number of carbonyl (C=O) groups excluding carboxylic acids is 2. The number of fused-ring (bicyclic) bond motifs is 1. The predicted octanol–water partition coefficient (Wildman–Crippen LogP) is 4.39.